The number of hydrogen-bond donors (Lipinski definition) is 1. The average Bonchev–Trinajstić information content (AvgIpc) is 3.11. The third-order valence-electron chi connectivity index (χ3n) is 3.55. The van der Waals surface area contributed by atoms with Crippen LogP contribution in [0.15, 0.2) is 30.7 Å². The van der Waals surface area contributed by atoms with Crippen molar-refractivity contribution < 1.29 is 4.39 Å². The van der Waals surface area contributed by atoms with Crippen LogP contribution in [-0.2, 0) is 13.5 Å². The van der Waals surface area contributed by atoms with E-state index >= 15 is 0 Å². The van der Waals surface area contributed by atoms with Gasteiger partial charge in [-0.15, -0.1) is 11.3 Å². The van der Waals surface area contributed by atoms with Crippen molar-refractivity contribution in [2.24, 2.45) is 7.05 Å². The Bertz CT molecular complexity index is 992. The Kier molecular flexibility index (Phi) is 3.38. The van der Waals surface area contributed by atoms with Crippen molar-refractivity contribution in [1.29, 1.82) is 0 Å². The van der Waals surface area contributed by atoms with Gasteiger partial charge in [0.05, 0.1) is 26.8 Å². The smallest absolute Gasteiger partial charge is 0.163 e. The van der Waals surface area contributed by atoms with Crippen molar-refractivity contribution in [3.63, 3.8) is 0 Å². The molecule has 0 aliphatic rings. The normalized spacial score (nSPS) is 11.4. The summed E-state index contributed by atoms with van der Waals surface area (Å²) in [6, 6.07) is 4.69. The maximum atomic E-state index is 13.2. The van der Waals surface area contributed by atoms with E-state index in [0.717, 1.165) is 33.0 Å². The summed E-state index contributed by atoms with van der Waals surface area (Å²) >= 11 is 1.58. The standard InChI is InChI=1S/C15H13FN6S/c1-22-15-10(7-20-22)14(18-8-19-15)17-5-4-13-21-11-6-9(16)2-3-12(11)23-13/h2-3,6-8H,4-5H2,1H3,(H,17,18,19). The molecule has 116 valence electrons. The molecular formula is C15H13FN6S. The van der Waals surface area contributed by atoms with Gasteiger partial charge < -0.3 is 5.32 Å². The molecule has 4 rings (SSSR count). The van der Waals surface area contributed by atoms with Crippen molar-refractivity contribution in [1.82, 2.24) is 24.7 Å². The Labute approximate surface area is 135 Å². The molecule has 0 aliphatic carbocycles. The lowest BCUT2D eigenvalue weighted by atomic mass is 10.3. The number of aryl methyl sites for hydroxylation is 1. The maximum absolute atomic E-state index is 13.2. The molecule has 8 heteroatoms. The van der Waals surface area contributed by atoms with Gasteiger partial charge >= 0.3 is 0 Å². The molecule has 0 unspecified atom stereocenters. The Morgan fingerprint density at radius 2 is 2.22 bits per heavy atom. The fraction of sp³-hybridized carbons (Fsp3) is 0.200. The maximum Gasteiger partial charge on any atom is 0.163 e. The highest BCUT2D eigenvalue weighted by Gasteiger charge is 2.08. The van der Waals surface area contributed by atoms with Gasteiger partial charge in [-0.3, -0.25) is 4.68 Å². The molecule has 0 fully saturated rings. The lowest BCUT2D eigenvalue weighted by Gasteiger charge is -2.04. The van der Waals surface area contributed by atoms with Crippen LogP contribution in [0.5, 0.6) is 0 Å². The Morgan fingerprint density at radius 1 is 1.30 bits per heavy atom. The molecule has 6 nitrogen and oxygen atoms in total. The van der Waals surface area contributed by atoms with E-state index in [1.165, 1.54) is 18.5 Å². The fourth-order valence-corrected chi connectivity index (χ4v) is 3.39. The summed E-state index contributed by atoms with van der Waals surface area (Å²) in [6.45, 7) is 0.684. The second-order valence-corrected chi connectivity index (χ2v) is 6.24. The highest BCUT2D eigenvalue weighted by atomic mass is 32.1. The number of fused-ring (bicyclic) bond motifs is 2. The molecule has 0 amide bonds. The highest BCUT2D eigenvalue weighted by Crippen LogP contribution is 2.23. The molecule has 3 heterocycles. The number of rotatable bonds is 4. The van der Waals surface area contributed by atoms with E-state index in [0.29, 0.717) is 12.1 Å². The van der Waals surface area contributed by atoms with Crippen LogP contribution in [0.4, 0.5) is 10.2 Å². The minimum absolute atomic E-state index is 0.257. The van der Waals surface area contributed by atoms with Crippen LogP contribution in [-0.4, -0.2) is 31.3 Å². The van der Waals surface area contributed by atoms with Gasteiger partial charge in [-0.25, -0.2) is 19.3 Å². The molecule has 0 spiro atoms. The fourth-order valence-electron chi connectivity index (χ4n) is 2.45. The van der Waals surface area contributed by atoms with Crippen LogP contribution >= 0.6 is 11.3 Å². The van der Waals surface area contributed by atoms with Gasteiger partial charge in [-0.2, -0.15) is 5.10 Å². The van der Waals surface area contributed by atoms with Gasteiger partial charge in [0.2, 0.25) is 0 Å². The van der Waals surface area contributed by atoms with E-state index in [4.69, 9.17) is 0 Å². The van der Waals surface area contributed by atoms with Crippen molar-refractivity contribution >= 4 is 38.4 Å². The Balaban J connectivity index is 1.50. The molecule has 1 aromatic carbocycles. The minimum atomic E-state index is -0.257. The lowest BCUT2D eigenvalue weighted by Crippen LogP contribution is -2.06. The number of hydrogen-bond acceptors (Lipinski definition) is 6. The summed E-state index contributed by atoms with van der Waals surface area (Å²) in [7, 11) is 1.85. The largest absolute Gasteiger partial charge is 0.369 e. The first-order valence-corrected chi connectivity index (χ1v) is 7.94. The van der Waals surface area contributed by atoms with Crippen molar-refractivity contribution in [3.05, 3.63) is 41.5 Å². The molecular weight excluding hydrogens is 315 g/mol. The SMILES string of the molecule is Cn1ncc2c(NCCc3nc4cc(F)ccc4s3)ncnc21. The van der Waals surface area contributed by atoms with Crippen LogP contribution in [0.3, 0.4) is 0 Å². The summed E-state index contributed by atoms with van der Waals surface area (Å²) in [5, 5.41) is 9.34. The number of halogens is 1. The number of anilines is 1. The molecule has 0 saturated carbocycles. The molecule has 3 aromatic heterocycles. The number of thiazole rings is 1. The molecule has 0 radical (unpaired) electrons. The quantitative estimate of drug-likeness (QED) is 0.624. The monoisotopic (exact) mass is 328 g/mol. The summed E-state index contributed by atoms with van der Waals surface area (Å²) in [4.78, 5) is 12.9. The zero-order valence-electron chi connectivity index (χ0n) is 12.3. The third kappa shape index (κ3) is 2.61. The predicted octanol–water partition coefficient (Wildman–Crippen LogP) is 2.77. The zero-order chi connectivity index (χ0) is 15.8. The number of benzene rings is 1. The third-order valence-corrected chi connectivity index (χ3v) is 4.65. The number of nitrogens with zero attached hydrogens (tertiary/aromatic N) is 5. The van der Waals surface area contributed by atoms with E-state index in [-0.39, 0.29) is 5.82 Å². The highest BCUT2D eigenvalue weighted by molar-refractivity contribution is 7.18. The van der Waals surface area contributed by atoms with Crippen LogP contribution < -0.4 is 5.32 Å². The van der Waals surface area contributed by atoms with Gasteiger partial charge in [-0.05, 0) is 12.1 Å². The van der Waals surface area contributed by atoms with Gasteiger partial charge in [0.1, 0.15) is 18.0 Å². The zero-order valence-corrected chi connectivity index (χ0v) is 13.1. The molecule has 0 bridgehead atoms. The molecule has 0 aliphatic heterocycles. The van der Waals surface area contributed by atoms with Gasteiger partial charge in [0, 0.05) is 26.1 Å². The average molecular weight is 328 g/mol. The summed E-state index contributed by atoms with van der Waals surface area (Å²) in [5.74, 6) is 0.502. The van der Waals surface area contributed by atoms with E-state index in [2.05, 4.69) is 25.4 Å². The summed E-state index contributed by atoms with van der Waals surface area (Å²) in [6.07, 6.45) is 4.01. The summed E-state index contributed by atoms with van der Waals surface area (Å²) < 4.78 is 15.9. The van der Waals surface area contributed by atoms with E-state index in [1.807, 2.05) is 7.05 Å². The molecule has 0 saturated heterocycles. The summed E-state index contributed by atoms with van der Waals surface area (Å²) in [5.41, 5.74) is 1.50. The van der Waals surface area contributed by atoms with Crippen LogP contribution in [0.25, 0.3) is 21.3 Å². The molecule has 4 aromatic rings. The first-order valence-electron chi connectivity index (χ1n) is 7.12. The lowest BCUT2D eigenvalue weighted by molar-refractivity contribution is 0.629. The second kappa shape index (κ2) is 5.54. The van der Waals surface area contributed by atoms with Crippen molar-refractivity contribution in [3.8, 4) is 0 Å². The van der Waals surface area contributed by atoms with Crippen LogP contribution in [0, 0.1) is 5.82 Å². The minimum Gasteiger partial charge on any atom is -0.369 e. The van der Waals surface area contributed by atoms with Crippen LogP contribution in [0.2, 0.25) is 0 Å². The number of aromatic nitrogens is 5. The Morgan fingerprint density at radius 3 is 3.13 bits per heavy atom. The second-order valence-electron chi connectivity index (χ2n) is 5.12. The first-order chi connectivity index (χ1) is 11.2. The van der Waals surface area contributed by atoms with Gasteiger partial charge in [0.15, 0.2) is 5.65 Å². The molecule has 0 atom stereocenters. The molecule has 1 N–H and O–H groups in total. The predicted molar refractivity (Wildman–Crippen MR) is 88.1 cm³/mol. The van der Waals surface area contributed by atoms with E-state index < -0.39 is 0 Å². The van der Waals surface area contributed by atoms with Gasteiger partial charge in [-0.1, -0.05) is 0 Å². The molecule has 23 heavy (non-hydrogen) atoms. The van der Waals surface area contributed by atoms with Gasteiger partial charge in [0.25, 0.3) is 0 Å². The topological polar surface area (TPSA) is 68.5 Å². The van der Waals surface area contributed by atoms with Crippen molar-refractivity contribution in [2.45, 2.75) is 6.42 Å². The number of nitrogens with one attached hydrogen (secondary N) is 1. The van der Waals surface area contributed by atoms with Crippen LogP contribution in [0.1, 0.15) is 5.01 Å². The first kappa shape index (κ1) is 14.0. The van der Waals surface area contributed by atoms with Crippen molar-refractivity contribution in [2.75, 3.05) is 11.9 Å². The van der Waals surface area contributed by atoms with E-state index in [1.54, 1.807) is 28.3 Å². The Hall–Kier alpha value is -2.61. The van der Waals surface area contributed by atoms with E-state index in [9.17, 15) is 4.39 Å².